The second kappa shape index (κ2) is 7.23. The molecule has 132 valence electrons. The summed E-state index contributed by atoms with van der Waals surface area (Å²) >= 11 is 11.6. The summed E-state index contributed by atoms with van der Waals surface area (Å²) in [6.07, 6.45) is 1.14. The molecule has 9 nitrogen and oxygen atoms in total. The van der Waals surface area contributed by atoms with Crippen molar-refractivity contribution in [2.24, 2.45) is 10.2 Å². The number of benzene rings is 2. The van der Waals surface area contributed by atoms with Gasteiger partial charge in [-0.05, 0) is 24.3 Å². The van der Waals surface area contributed by atoms with Gasteiger partial charge in [0.25, 0.3) is 5.69 Å². The van der Waals surface area contributed by atoms with Crippen molar-refractivity contribution < 1.29 is 18.4 Å². The fourth-order valence-corrected chi connectivity index (χ4v) is 2.83. The molecule has 0 aromatic heterocycles. The molecule has 0 saturated heterocycles. The number of sulfonamides is 1. The maximum absolute atomic E-state index is 11.3. The summed E-state index contributed by atoms with van der Waals surface area (Å²) < 4.78 is 22.5. The second-order valence-electron chi connectivity index (χ2n) is 4.68. The molecule has 0 radical (unpaired) electrons. The number of halogens is 2. The minimum atomic E-state index is -4.09. The number of phenols is 1. The molecule has 2 aromatic carbocycles. The van der Waals surface area contributed by atoms with Gasteiger partial charge in [-0.15, -0.1) is 0 Å². The number of rotatable bonds is 5. The number of anilines is 1. The Balaban J connectivity index is 2.34. The standard InChI is InChI=1S/C13H10Cl2N4O5S/c14-8-3-7(13(20)10(15)4-8)6-17-18-11-2-1-9(25(16,23)24)5-12(11)19(21)22/h1-6,18,20H,(H2,16,23,24)/b17-6+. The molecule has 0 heterocycles. The smallest absolute Gasteiger partial charge is 0.295 e. The average molecular weight is 405 g/mol. The third-order valence-corrected chi connectivity index (χ3v) is 4.36. The molecule has 0 saturated carbocycles. The molecular weight excluding hydrogens is 395 g/mol. The fraction of sp³-hybridized carbons (Fsp3) is 0. The van der Waals surface area contributed by atoms with Gasteiger partial charge >= 0.3 is 0 Å². The van der Waals surface area contributed by atoms with E-state index in [1.54, 1.807) is 0 Å². The van der Waals surface area contributed by atoms with Gasteiger partial charge < -0.3 is 5.11 Å². The molecule has 0 aliphatic rings. The summed E-state index contributed by atoms with van der Waals surface area (Å²) in [5.74, 6) is -0.268. The number of primary sulfonamides is 1. The minimum Gasteiger partial charge on any atom is -0.506 e. The van der Waals surface area contributed by atoms with Crippen molar-refractivity contribution in [1.29, 1.82) is 0 Å². The number of nitro groups is 1. The van der Waals surface area contributed by atoms with Crippen molar-refractivity contribution in [3.8, 4) is 5.75 Å². The first-order chi connectivity index (χ1) is 11.6. The van der Waals surface area contributed by atoms with Crippen LogP contribution in [-0.2, 0) is 10.0 Å². The zero-order valence-corrected chi connectivity index (χ0v) is 14.5. The highest BCUT2D eigenvalue weighted by molar-refractivity contribution is 7.89. The number of aromatic hydroxyl groups is 1. The molecule has 0 fully saturated rings. The highest BCUT2D eigenvalue weighted by Crippen LogP contribution is 2.30. The quantitative estimate of drug-likeness (QED) is 0.396. The van der Waals surface area contributed by atoms with E-state index >= 15 is 0 Å². The molecule has 12 heteroatoms. The SMILES string of the molecule is NS(=O)(=O)c1ccc(N/N=C/c2cc(Cl)cc(Cl)c2O)c([N+](=O)[O-])c1. The van der Waals surface area contributed by atoms with Gasteiger partial charge in [-0.3, -0.25) is 15.5 Å². The second-order valence-corrected chi connectivity index (χ2v) is 7.08. The predicted octanol–water partition coefficient (Wildman–Crippen LogP) is 2.70. The van der Waals surface area contributed by atoms with Gasteiger partial charge in [-0.25, -0.2) is 13.6 Å². The third-order valence-electron chi connectivity index (χ3n) is 2.94. The van der Waals surface area contributed by atoms with Gasteiger partial charge in [0.2, 0.25) is 10.0 Å². The number of nitrogens with one attached hydrogen (secondary N) is 1. The van der Waals surface area contributed by atoms with Gasteiger partial charge in [0, 0.05) is 16.7 Å². The molecule has 4 N–H and O–H groups in total. The lowest BCUT2D eigenvalue weighted by Gasteiger charge is -2.05. The van der Waals surface area contributed by atoms with E-state index in [0.717, 1.165) is 24.4 Å². The Labute approximate surface area is 151 Å². The number of nitro benzene ring substituents is 1. The van der Waals surface area contributed by atoms with Gasteiger partial charge in [-0.1, -0.05) is 23.2 Å². The molecule has 2 rings (SSSR count). The zero-order chi connectivity index (χ0) is 18.8. The molecular formula is C13H10Cl2N4O5S. The molecule has 0 unspecified atom stereocenters. The van der Waals surface area contributed by atoms with Crippen LogP contribution < -0.4 is 10.6 Å². The van der Waals surface area contributed by atoms with Crippen molar-refractivity contribution in [2.75, 3.05) is 5.43 Å². The van der Waals surface area contributed by atoms with Crippen molar-refractivity contribution in [2.45, 2.75) is 4.90 Å². The lowest BCUT2D eigenvalue weighted by Crippen LogP contribution is -2.12. The number of hydrogen-bond donors (Lipinski definition) is 3. The summed E-state index contributed by atoms with van der Waals surface area (Å²) in [7, 11) is -4.09. The minimum absolute atomic E-state index is 0.0115. The van der Waals surface area contributed by atoms with E-state index in [-0.39, 0.29) is 27.0 Å². The molecule has 0 bridgehead atoms. The maximum atomic E-state index is 11.3. The van der Waals surface area contributed by atoms with Crippen molar-refractivity contribution in [3.05, 3.63) is 56.1 Å². The van der Waals surface area contributed by atoms with E-state index in [1.807, 2.05) is 0 Å². The lowest BCUT2D eigenvalue weighted by atomic mass is 10.2. The van der Waals surface area contributed by atoms with Gasteiger partial charge in [0.05, 0.1) is 21.1 Å². The molecule has 25 heavy (non-hydrogen) atoms. The van der Waals surface area contributed by atoms with Crippen molar-refractivity contribution >= 4 is 50.8 Å². The first-order valence-corrected chi connectivity index (χ1v) is 8.68. The number of nitrogens with zero attached hydrogens (tertiary/aromatic N) is 2. The average Bonchev–Trinajstić information content (AvgIpc) is 2.50. The first kappa shape index (κ1) is 18.9. The Morgan fingerprint density at radius 2 is 1.96 bits per heavy atom. The molecule has 0 aliphatic carbocycles. The zero-order valence-electron chi connectivity index (χ0n) is 12.2. The van der Waals surface area contributed by atoms with Crippen LogP contribution >= 0.6 is 23.2 Å². The van der Waals surface area contributed by atoms with Crippen LogP contribution in [0.1, 0.15) is 5.56 Å². The summed E-state index contributed by atoms with van der Waals surface area (Å²) in [5.41, 5.74) is 1.93. The van der Waals surface area contributed by atoms with E-state index < -0.39 is 25.5 Å². The van der Waals surface area contributed by atoms with Gasteiger partial charge in [0.15, 0.2) is 0 Å². The highest BCUT2D eigenvalue weighted by atomic mass is 35.5. The van der Waals surface area contributed by atoms with Crippen LogP contribution in [-0.4, -0.2) is 24.7 Å². The van der Waals surface area contributed by atoms with Crippen LogP contribution in [0.4, 0.5) is 11.4 Å². The Morgan fingerprint density at radius 3 is 2.56 bits per heavy atom. The van der Waals surface area contributed by atoms with Crippen LogP contribution in [0.15, 0.2) is 40.3 Å². The predicted molar refractivity (Wildman–Crippen MR) is 93.8 cm³/mol. The Morgan fingerprint density at radius 1 is 1.28 bits per heavy atom. The summed E-state index contributed by atoms with van der Waals surface area (Å²) in [5, 5.41) is 29.8. The van der Waals surface area contributed by atoms with Crippen LogP contribution in [0, 0.1) is 10.1 Å². The highest BCUT2D eigenvalue weighted by Gasteiger charge is 2.18. The largest absolute Gasteiger partial charge is 0.506 e. The summed E-state index contributed by atoms with van der Waals surface area (Å²) in [4.78, 5) is 9.88. The van der Waals surface area contributed by atoms with Gasteiger partial charge in [0.1, 0.15) is 11.4 Å². The Bertz CT molecular complexity index is 979. The van der Waals surface area contributed by atoms with Crippen molar-refractivity contribution in [3.63, 3.8) is 0 Å². The van der Waals surface area contributed by atoms with Crippen LogP contribution in [0.2, 0.25) is 10.0 Å². The van der Waals surface area contributed by atoms with E-state index in [4.69, 9.17) is 28.3 Å². The van der Waals surface area contributed by atoms with Crippen LogP contribution in [0.5, 0.6) is 5.75 Å². The monoisotopic (exact) mass is 404 g/mol. The van der Waals surface area contributed by atoms with Crippen LogP contribution in [0.25, 0.3) is 0 Å². The fourth-order valence-electron chi connectivity index (χ4n) is 1.79. The first-order valence-electron chi connectivity index (χ1n) is 6.38. The Kier molecular flexibility index (Phi) is 5.48. The molecule has 0 atom stereocenters. The third kappa shape index (κ3) is 4.57. The van der Waals surface area contributed by atoms with E-state index in [1.165, 1.54) is 12.1 Å². The number of nitrogens with two attached hydrogens (primary N) is 1. The molecule has 0 spiro atoms. The summed E-state index contributed by atoms with van der Waals surface area (Å²) in [6, 6.07) is 5.75. The number of phenolic OH excluding ortho intramolecular Hbond substituents is 1. The lowest BCUT2D eigenvalue weighted by molar-refractivity contribution is -0.384. The van der Waals surface area contributed by atoms with Crippen molar-refractivity contribution in [1.82, 2.24) is 0 Å². The Hall–Kier alpha value is -2.40. The van der Waals surface area contributed by atoms with Gasteiger partial charge in [-0.2, -0.15) is 5.10 Å². The molecule has 0 aliphatic heterocycles. The topological polar surface area (TPSA) is 148 Å². The van der Waals surface area contributed by atoms with E-state index in [9.17, 15) is 23.6 Å². The van der Waals surface area contributed by atoms with E-state index in [2.05, 4.69) is 10.5 Å². The van der Waals surface area contributed by atoms with E-state index in [0.29, 0.717) is 0 Å². The van der Waals surface area contributed by atoms with Crippen LogP contribution in [0.3, 0.4) is 0 Å². The molecule has 0 amide bonds. The number of hydrogen-bond acceptors (Lipinski definition) is 7. The normalized spacial score (nSPS) is 11.6. The maximum Gasteiger partial charge on any atom is 0.295 e. The molecule has 2 aromatic rings. The summed E-state index contributed by atoms with van der Waals surface area (Å²) in [6.45, 7) is 0. The number of hydrazone groups is 1.